The van der Waals surface area contributed by atoms with Gasteiger partial charge in [0.15, 0.2) is 0 Å². The fraction of sp³-hybridized carbons (Fsp3) is 0.667. The number of hydrogen-bond acceptors (Lipinski definition) is 3. The Morgan fingerprint density at radius 2 is 2.22 bits per heavy atom. The lowest BCUT2D eigenvalue weighted by Gasteiger charge is -2.23. The zero-order chi connectivity index (χ0) is 6.85. The topological polar surface area (TPSA) is 26.7 Å². The van der Waals surface area contributed by atoms with Crippen molar-refractivity contribution in [2.75, 3.05) is 6.54 Å². The minimum Gasteiger partial charge on any atom is -0.355 e. The zero-order valence-electron chi connectivity index (χ0n) is 5.78. The van der Waals surface area contributed by atoms with Crippen LogP contribution in [0.4, 0.5) is 0 Å². The van der Waals surface area contributed by atoms with E-state index in [1.165, 1.54) is 5.06 Å². The van der Waals surface area contributed by atoms with Crippen LogP contribution in [0.1, 0.15) is 13.8 Å². The van der Waals surface area contributed by atoms with Gasteiger partial charge in [-0.05, 0) is 13.8 Å². The molecule has 0 aromatic rings. The molecule has 1 heterocycles. The van der Waals surface area contributed by atoms with Crippen molar-refractivity contribution in [2.45, 2.75) is 20.0 Å². The van der Waals surface area contributed by atoms with E-state index >= 15 is 0 Å². The van der Waals surface area contributed by atoms with Crippen molar-refractivity contribution in [1.82, 2.24) is 9.96 Å². The van der Waals surface area contributed by atoms with E-state index in [9.17, 15) is 0 Å². The van der Waals surface area contributed by atoms with Gasteiger partial charge in [0.1, 0.15) is 6.17 Å². The lowest BCUT2D eigenvalue weighted by Crippen LogP contribution is -2.33. The van der Waals surface area contributed by atoms with Gasteiger partial charge in [0.2, 0.25) is 0 Å². The Morgan fingerprint density at radius 3 is 2.44 bits per heavy atom. The third kappa shape index (κ3) is 1.00. The second-order valence-electron chi connectivity index (χ2n) is 2.14. The number of rotatable bonds is 1. The van der Waals surface area contributed by atoms with E-state index in [-0.39, 0.29) is 6.17 Å². The predicted octanol–water partition coefficient (Wildman–Crippen LogP) is 0.830. The maximum absolute atomic E-state index is 9.00. The van der Waals surface area contributed by atoms with Crippen molar-refractivity contribution in [3.63, 3.8) is 0 Å². The standard InChI is InChI=1S/C6H12N2O/c1-3-7-4-5-8(9)6(7)2/h4-6,9H,3H2,1-2H3. The van der Waals surface area contributed by atoms with Crippen LogP contribution in [0.25, 0.3) is 0 Å². The summed E-state index contributed by atoms with van der Waals surface area (Å²) < 4.78 is 0. The third-order valence-corrected chi connectivity index (χ3v) is 1.64. The molecule has 0 fully saturated rings. The molecule has 52 valence electrons. The average Bonchev–Trinajstić information content (AvgIpc) is 2.15. The molecular weight excluding hydrogens is 116 g/mol. The van der Waals surface area contributed by atoms with Crippen molar-refractivity contribution >= 4 is 0 Å². The van der Waals surface area contributed by atoms with Gasteiger partial charge in [0, 0.05) is 18.9 Å². The smallest absolute Gasteiger partial charge is 0.123 e. The van der Waals surface area contributed by atoms with Gasteiger partial charge in [0.25, 0.3) is 0 Å². The van der Waals surface area contributed by atoms with Gasteiger partial charge < -0.3 is 4.90 Å². The molecule has 0 aliphatic carbocycles. The minimum absolute atomic E-state index is 0.106. The molecule has 1 rings (SSSR count). The van der Waals surface area contributed by atoms with Crippen molar-refractivity contribution in [3.8, 4) is 0 Å². The van der Waals surface area contributed by atoms with Crippen LogP contribution in [0.3, 0.4) is 0 Å². The molecule has 9 heavy (non-hydrogen) atoms. The first-order valence-electron chi connectivity index (χ1n) is 3.17. The van der Waals surface area contributed by atoms with E-state index < -0.39 is 0 Å². The van der Waals surface area contributed by atoms with Crippen LogP contribution in [0.5, 0.6) is 0 Å². The van der Waals surface area contributed by atoms with Crippen molar-refractivity contribution < 1.29 is 5.21 Å². The molecule has 1 aliphatic heterocycles. The second kappa shape index (κ2) is 2.27. The van der Waals surface area contributed by atoms with Gasteiger partial charge in [-0.3, -0.25) is 5.21 Å². The number of hydrogen-bond donors (Lipinski definition) is 1. The molecule has 1 N–H and O–H groups in total. The monoisotopic (exact) mass is 128 g/mol. The van der Waals surface area contributed by atoms with Crippen LogP contribution < -0.4 is 0 Å². The van der Waals surface area contributed by atoms with Crippen LogP contribution in [0.15, 0.2) is 12.4 Å². The van der Waals surface area contributed by atoms with E-state index in [1.54, 1.807) is 6.20 Å². The summed E-state index contributed by atoms with van der Waals surface area (Å²) in [5.41, 5.74) is 0. The summed E-state index contributed by atoms with van der Waals surface area (Å²) in [6.45, 7) is 4.94. The van der Waals surface area contributed by atoms with Gasteiger partial charge in [-0.15, -0.1) is 0 Å². The maximum Gasteiger partial charge on any atom is 0.123 e. The van der Waals surface area contributed by atoms with Crippen molar-refractivity contribution in [2.24, 2.45) is 0 Å². The van der Waals surface area contributed by atoms with Gasteiger partial charge in [-0.1, -0.05) is 0 Å². The lowest BCUT2D eigenvalue weighted by atomic mass is 10.5. The molecule has 0 spiro atoms. The highest BCUT2D eigenvalue weighted by atomic mass is 16.5. The highest BCUT2D eigenvalue weighted by Gasteiger charge is 2.17. The van der Waals surface area contributed by atoms with Crippen LogP contribution in [-0.4, -0.2) is 27.9 Å². The second-order valence-corrected chi connectivity index (χ2v) is 2.14. The first-order chi connectivity index (χ1) is 4.25. The van der Waals surface area contributed by atoms with E-state index in [0.29, 0.717) is 0 Å². The first kappa shape index (κ1) is 6.42. The Hall–Kier alpha value is -0.700. The van der Waals surface area contributed by atoms with E-state index in [4.69, 9.17) is 5.21 Å². The predicted molar refractivity (Wildman–Crippen MR) is 34.6 cm³/mol. The molecule has 0 saturated heterocycles. The van der Waals surface area contributed by atoms with E-state index in [2.05, 4.69) is 6.92 Å². The van der Waals surface area contributed by atoms with Crippen LogP contribution >= 0.6 is 0 Å². The van der Waals surface area contributed by atoms with Gasteiger partial charge in [0.05, 0.1) is 0 Å². The highest BCUT2D eigenvalue weighted by Crippen LogP contribution is 2.10. The maximum atomic E-state index is 9.00. The molecule has 0 aromatic heterocycles. The Morgan fingerprint density at radius 1 is 1.56 bits per heavy atom. The Balaban J connectivity index is 2.51. The summed E-state index contributed by atoms with van der Waals surface area (Å²) in [5.74, 6) is 0. The molecular formula is C6H12N2O. The van der Waals surface area contributed by atoms with Crippen LogP contribution in [0, 0.1) is 0 Å². The Kier molecular flexibility index (Phi) is 1.62. The van der Waals surface area contributed by atoms with Gasteiger partial charge >= 0.3 is 0 Å². The van der Waals surface area contributed by atoms with E-state index in [1.807, 2.05) is 18.0 Å². The molecule has 0 aromatic carbocycles. The van der Waals surface area contributed by atoms with Crippen molar-refractivity contribution in [1.29, 1.82) is 0 Å². The third-order valence-electron chi connectivity index (χ3n) is 1.64. The highest BCUT2D eigenvalue weighted by molar-refractivity contribution is 4.90. The quantitative estimate of drug-likeness (QED) is 0.566. The molecule has 0 saturated carbocycles. The van der Waals surface area contributed by atoms with Crippen LogP contribution in [-0.2, 0) is 0 Å². The molecule has 0 amide bonds. The summed E-state index contributed by atoms with van der Waals surface area (Å²) >= 11 is 0. The molecule has 3 nitrogen and oxygen atoms in total. The Bertz CT molecular complexity index is 124. The fourth-order valence-electron chi connectivity index (χ4n) is 0.925. The lowest BCUT2D eigenvalue weighted by molar-refractivity contribution is -0.0951. The molecule has 1 atom stereocenters. The largest absolute Gasteiger partial charge is 0.355 e. The van der Waals surface area contributed by atoms with Gasteiger partial charge in [-0.25, -0.2) is 5.06 Å². The fourth-order valence-corrected chi connectivity index (χ4v) is 0.925. The summed E-state index contributed by atoms with van der Waals surface area (Å²) in [6, 6.07) is 0. The Labute approximate surface area is 55.1 Å². The number of hydroxylamine groups is 2. The summed E-state index contributed by atoms with van der Waals surface area (Å²) in [7, 11) is 0. The summed E-state index contributed by atoms with van der Waals surface area (Å²) in [5, 5.41) is 10.2. The summed E-state index contributed by atoms with van der Waals surface area (Å²) in [4.78, 5) is 2.04. The molecule has 0 bridgehead atoms. The van der Waals surface area contributed by atoms with Crippen molar-refractivity contribution in [3.05, 3.63) is 12.4 Å². The van der Waals surface area contributed by atoms with E-state index in [0.717, 1.165) is 6.54 Å². The normalized spacial score (nSPS) is 25.9. The zero-order valence-corrected chi connectivity index (χ0v) is 5.78. The molecule has 1 aliphatic rings. The SMILES string of the molecule is CCN1C=CN(O)C1C. The average molecular weight is 128 g/mol. The minimum atomic E-state index is 0.106. The molecule has 1 unspecified atom stereocenters. The molecule has 0 radical (unpaired) electrons. The summed E-state index contributed by atoms with van der Waals surface area (Å²) in [6.07, 6.45) is 3.65. The molecule has 3 heteroatoms. The van der Waals surface area contributed by atoms with Gasteiger partial charge in [-0.2, -0.15) is 0 Å². The van der Waals surface area contributed by atoms with Crippen LogP contribution in [0.2, 0.25) is 0 Å². The first-order valence-corrected chi connectivity index (χ1v) is 3.17. The number of nitrogens with zero attached hydrogens (tertiary/aromatic N) is 2.